The highest BCUT2D eigenvalue weighted by molar-refractivity contribution is 9.00. The van der Waals surface area contributed by atoms with Crippen molar-refractivity contribution >= 4 is 56.0 Å². The van der Waals surface area contributed by atoms with Gasteiger partial charge >= 0.3 is 13.6 Å². The summed E-state index contributed by atoms with van der Waals surface area (Å²) >= 11 is 0. The molecule has 26 heavy (non-hydrogen) atoms. The summed E-state index contributed by atoms with van der Waals surface area (Å²) in [6.45, 7) is 2.47. The largest absolute Gasteiger partial charge is 0.399 e. The quantitative estimate of drug-likeness (QED) is 0.218. The molecule has 8 nitrogen and oxygen atoms in total. The highest BCUT2D eigenvalue weighted by Gasteiger charge is 2.36. The first-order valence-electron chi connectivity index (χ1n) is 8.13. The topological polar surface area (TPSA) is 89.5 Å². The summed E-state index contributed by atoms with van der Waals surface area (Å²) in [5.41, 5.74) is -0.866. The molecule has 0 bridgehead atoms. The summed E-state index contributed by atoms with van der Waals surface area (Å²) in [6, 6.07) is 0. The number of ether oxygens (including phenoxy) is 2. The number of hydrogen-bond donors (Lipinski definition) is 0. The van der Waals surface area contributed by atoms with Crippen LogP contribution in [0.4, 0.5) is 0 Å². The van der Waals surface area contributed by atoms with Gasteiger partial charge < -0.3 is 27.6 Å². The van der Waals surface area contributed by atoms with E-state index in [1.807, 2.05) is 0 Å². The third-order valence-electron chi connectivity index (χ3n) is 2.48. The van der Waals surface area contributed by atoms with E-state index < -0.39 is 24.5 Å². The number of hydrogen-bond acceptors (Lipinski definition) is 12. The minimum atomic E-state index is -3.26. The van der Waals surface area contributed by atoms with Crippen LogP contribution >= 0.6 is 56.0 Å². The molecule has 0 saturated carbocycles. The van der Waals surface area contributed by atoms with Crippen LogP contribution in [-0.2, 0) is 36.7 Å². The molecule has 0 aromatic rings. The van der Waals surface area contributed by atoms with E-state index in [0.29, 0.717) is 13.2 Å². The first-order valence-corrected chi connectivity index (χ1v) is 16.9. The van der Waals surface area contributed by atoms with E-state index in [2.05, 4.69) is 0 Å². The van der Waals surface area contributed by atoms with E-state index in [4.69, 9.17) is 27.6 Å². The van der Waals surface area contributed by atoms with Crippen molar-refractivity contribution in [2.75, 3.05) is 39.6 Å². The highest BCUT2D eigenvalue weighted by Crippen LogP contribution is 2.69. The fourth-order valence-corrected chi connectivity index (χ4v) is 13.8. The van der Waals surface area contributed by atoms with Crippen LogP contribution in [0.15, 0.2) is 0 Å². The van der Waals surface area contributed by atoms with Crippen molar-refractivity contribution in [3.63, 3.8) is 0 Å². The molecular weight excluding hydrogens is 462 g/mol. The summed E-state index contributed by atoms with van der Waals surface area (Å²) in [7, 11) is 4.45. The van der Waals surface area contributed by atoms with Crippen molar-refractivity contribution < 1.29 is 36.7 Å². The molecular formula is C12H26O8P2S4. The van der Waals surface area contributed by atoms with Gasteiger partial charge in [-0.15, -0.1) is 0 Å². The lowest BCUT2D eigenvalue weighted by molar-refractivity contribution is -0.0650. The van der Waals surface area contributed by atoms with Crippen molar-refractivity contribution in [3.05, 3.63) is 0 Å². The van der Waals surface area contributed by atoms with Crippen LogP contribution in [0.3, 0.4) is 0 Å². The van der Waals surface area contributed by atoms with Crippen molar-refractivity contribution in [2.24, 2.45) is 0 Å². The fraction of sp³-hybridized carbons (Fsp3) is 1.00. The molecule has 0 N–H and O–H groups in total. The summed E-state index contributed by atoms with van der Waals surface area (Å²) < 4.78 is 57.6. The molecule has 156 valence electrons. The minimum absolute atomic E-state index is 0.285. The Labute approximate surface area is 170 Å². The first kappa shape index (κ1) is 25.7. The molecule has 0 spiro atoms. The molecule has 1 aliphatic rings. The van der Waals surface area contributed by atoms with Gasteiger partial charge in [-0.2, -0.15) is 0 Å². The minimum Gasteiger partial charge on any atom is -0.361 e. The predicted molar refractivity (Wildman–Crippen MR) is 112 cm³/mol. The maximum absolute atomic E-state index is 12.6. The van der Waals surface area contributed by atoms with Crippen LogP contribution in [0, 0.1) is 0 Å². The molecule has 1 saturated heterocycles. The van der Waals surface area contributed by atoms with Crippen molar-refractivity contribution in [3.8, 4) is 0 Å². The number of rotatable bonds is 14. The van der Waals surface area contributed by atoms with Gasteiger partial charge in [0.1, 0.15) is 10.9 Å². The van der Waals surface area contributed by atoms with Crippen LogP contribution in [-0.4, -0.2) is 50.5 Å². The maximum atomic E-state index is 12.6. The van der Waals surface area contributed by atoms with Crippen LogP contribution in [0.25, 0.3) is 0 Å². The van der Waals surface area contributed by atoms with Crippen molar-refractivity contribution in [1.82, 2.24) is 0 Å². The molecule has 1 rings (SSSR count). The lowest BCUT2D eigenvalue weighted by Crippen LogP contribution is -2.33. The molecule has 0 amide bonds. The summed E-state index contributed by atoms with van der Waals surface area (Å²) in [4.78, 5) is 0. The Morgan fingerprint density at radius 2 is 1.04 bits per heavy atom. The third-order valence-corrected chi connectivity index (χ3v) is 15.5. The van der Waals surface area contributed by atoms with E-state index in [1.165, 1.54) is 21.6 Å². The van der Waals surface area contributed by atoms with Gasteiger partial charge in [0.2, 0.25) is 0 Å². The zero-order valence-electron chi connectivity index (χ0n) is 15.2. The Balaban J connectivity index is 2.63. The van der Waals surface area contributed by atoms with Gasteiger partial charge in [-0.1, -0.05) is 0 Å². The van der Waals surface area contributed by atoms with Gasteiger partial charge in [0, 0.05) is 20.8 Å². The first-order chi connectivity index (χ1) is 12.4. The summed E-state index contributed by atoms with van der Waals surface area (Å²) in [5.74, 6) is 0. The van der Waals surface area contributed by atoms with Gasteiger partial charge in [0.15, 0.2) is 0 Å². The van der Waals surface area contributed by atoms with Gasteiger partial charge in [-0.05, 0) is 49.3 Å². The monoisotopic (exact) mass is 488 g/mol. The van der Waals surface area contributed by atoms with Crippen LogP contribution in [0.2, 0.25) is 0 Å². The van der Waals surface area contributed by atoms with Crippen molar-refractivity contribution in [1.29, 1.82) is 0 Å². The van der Waals surface area contributed by atoms with Crippen LogP contribution < -0.4 is 0 Å². The van der Waals surface area contributed by atoms with Gasteiger partial charge in [0.25, 0.3) is 0 Å². The Kier molecular flexibility index (Phi) is 13.6. The van der Waals surface area contributed by atoms with Crippen LogP contribution in [0.5, 0.6) is 0 Å². The molecule has 0 aromatic heterocycles. The second-order valence-electron chi connectivity index (χ2n) is 4.39. The van der Waals surface area contributed by atoms with E-state index in [-0.39, 0.29) is 26.4 Å². The second-order valence-corrected chi connectivity index (χ2v) is 16.2. The lowest BCUT2D eigenvalue weighted by atomic mass is 10.6. The zero-order valence-corrected chi connectivity index (χ0v) is 20.2. The highest BCUT2D eigenvalue weighted by atomic mass is 33.3. The molecule has 14 heteroatoms. The molecule has 1 heterocycles. The SMILES string of the molecule is CCOP(=O)(OCC)SSC1OCCOC1SSP(=O)(OCC)OCC. The van der Waals surface area contributed by atoms with E-state index in [1.54, 1.807) is 27.7 Å². The maximum Gasteiger partial charge on any atom is 0.399 e. The van der Waals surface area contributed by atoms with E-state index in [0.717, 1.165) is 20.8 Å². The van der Waals surface area contributed by atoms with E-state index >= 15 is 0 Å². The average molecular weight is 489 g/mol. The average Bonchev–Trinajstić information content (AvgIpc) is 2.60. The Bertz CT molecular complexity index is 424. The Morgan fingerprint density at radius 1 is 0.731 bits per heavy atom. The van der Waals surface area contributed by atoms with Gasteiger partial charge in [-0.3, -0.25) is 0 Å². The molecule has 2 atom stereocenters. The smallest absolute Gasteiger partial charge is 0.361 e. The third kappa shape index (κ3) is 9.41. The molecule has 1 fully saturated rings. The van der Waals surface area contributed by atoms with Crippen molar-refractivity contribution in [2.45, 2.75) is 38.6 Å². The van der Waals surface area contributed by atoms with Gasteiger partial charge in [0.05, 0.1) is 39.6 Å². The molecule has 0 aromatic carbocycles. The van der Waals surface area contributed by atoms with E-state index in [9.17, 15) is 9.13 Å². The zero-order chi connectivity index (χ0) is 19.5. The molecule has 0 radical (unpaired) electrons. The van der Waals surface area contributed by atoms with Gasteiger partial charge in [-0.25, -0.2) is 9.13 Å². The van der Waals surface area contributed by atoms with Crippen LogP contribution in [0.1, 0.15) is 27.7 Å². The normalized spacial score (nSPS) is 21.8. The molecule has 1 aliphatic heterocycles. The predicted octanol–water partition coefficient (Wildman–Crippen LogP) is 5.81. The lowest BCUT2D eigenvalue weighted by Gasteiger charge is -2.31. The fourth-order valence-electron chi connectivity index (χ4n) is 1.62. The standard InChI is InChI=1S/C12H26O8P2S4/c1-5-17-21(13,18-6-2)25-23-11-12(16-10-9-15-11)24-26-22(14,19-7-3)20-8-4/h11-12H,5-10H2,1-4H3. The Hall–Kier alpha value is 1.62. The second kappa shape index (κ2) is 13.8. The summed E-state index contributed by atoms with van der Waals surface area (Å²) in [5, 5.41) is 0. The Morgan fingerprint density at radius 3 is 1.31 bits per heavy atom. The molecule has 0 aliphatic carbocycles. The molecule has 2 unspecified atom stereocenters. The summed E-state index contributed by atoms with van der Waals surface area (Å²) in [6.07, 6.45) is 0.